The summed E-state index contributed by atoms with van der Waals surface area (Å²) in [7, 11) is 0. The van der Waals surface area contributed by atoms with Gasteiger partial charge in [-0.1, -0.05) is 0 Å². The summed E-state index contributed by atoms with van der Waals surface area (Å²) in [4.78, 5) is 11.6. The molecule has 0 aliphatic rings. The zero-order valence-electron chi connectivity index (χ0n) is 3.44. The Balaban J connectivity index is 2.83. The summed E-state index contributed by atoms with van der Waals surface area (Å²) in [5.74, 6) is -0.662. The number of aliphatic carboxylic acids is 1. The Kier molecular flexibility index (Phi) is 3.51. The number of hydrogen-bond donors (Lipinski definition) is 1. The van der Waals surface area contributed by atoms with Crippen LogP contribution in [0.5, 0.6) is 0 Å². The fourth-order valence-electron chi connectivity index (χ4n) is 0.114. The van der Waals surface area contributed by atoms with Crippen LogP contribution >= 0.6 is 0 Å². The van der Waals surface area contributed by atoms with Gasteiger partial charge in [0.2, 0.25) is 0 Å². The second-order valence-corrected chi connectivity index (χ2v) is 3.08. The molecule has 0 bridgehead atoms. The van der Waals surface area contributed by atoms with Crippen LogP contribution in [0, 0.1) is 0 Å². The van der Waals surface area contributed by atoms with Crippen LogP contribution in [0.25, 0.3) is 0 Å². The number of hydrogen-bond acceptors (Lipinski definition) is 1. The Labute approximate surface area is 46.8 Å². The molecular weight excluding hydrogens is 195 g/mol. The van der Waals surface area contributed by atoms with Crippen LogP contribution in [0.15, 0.2) is 0 Å². The van der Waals surface area contributed by atoms with E-state index in [2.05, 4.69) is 0 Å². The van der Waals surface area contributed by atoms with Gasteiger partial charge in [0.1, 0.15) is 0 Å². The molecule has 0 aromatic heterocycles. The molecule has 0 aromatic carbocycles. The molecule has 1 N–H and O–H groups in total. The molecule has 0 unspecified atom stereocenters. The van der Waals surface area contributed by atoms with E-state index in [1.54, 1.807) is 0 Å². The van der Waals surface area contributed by atoms with Gasteiger partial charge in [0.05, 0.1) is 0 Å². The second kappa shape index (κ2) is 3.39. The Morgan fingerprint density at radius 2 is 2.50 bits per heavy atom. The maximum absolute atomic E-state index is 9.63. The van der Waals surface area contributed by atoms with Crippen LogP contribution in [0.3, 0.4) is 0 Å². The molecule has 0 aliphatic carbocycles. The van der Waals surface area contributed by atoms with Gasteiger partial charge in [-0.05, 0) is 0 Å². The fraction of sp³-hybridized carbons (Fsp3) is 0.667. The van der Waals surface area contributed by atoms with Gasteiger partial charge in [-0.25, -0.2) is 0 Å². The van der Waals surface area contributed by atoms with Crippen LogP contribution in [-0.2, 0) is 4.79 Å². The van der Waals surface area contributed by atoms with E-state index < -0.39 is 5.97 Å². The molecule has 6 heavy (non-hydrogen) atoms. The minimum atomic E-state index is -0.662. The quantitative estimate of drug-likeness (QED) is 0.377. The van der Waals surface area contributed by atoms with Crippen molar-refractivity contribution in [2.75, 3.05) is 9.36 Å². The molecule has 38 valence electrons. The molecule has 0 aliphatic heterocycles. The molecule has 0 rings (SSSR count). The average molecular weight is 201 g/mol. The summed E-state index contributed by atoms with van der Waals surface area (Å²) in [6.07, 6.45) is 0. The van der Waals surface area contributed by atoms with Crippen molar-refractivity contribution < 1.29 is 31.1 Å². The van der Waals surface area contributed by atoms with Crippen molar-refractivity contribution >= 4 is 5.97 Å². The fourth-order valence-corrected chi connectivity index (χ4v) is 0.767. The van der Waals surface area contributed by atoms with Crippen molar-refractivity contribution in [2.45, 2.75) is 0 Å². The van der Waals surface area contributed by atoms with Crippen LogP contribution in [0.4, 0.5) is 0 Å². The first-order valence-electron chi connectivity index (χ1n) is 1.43. The molecule has 0 radical (unpaired) electrons. The van der Waals surface area contributed by atoms with E-state index in [-0.39, 0.29) is 21.2 Å². The Morgan fingerprint density at radius 3 is 2.50 bits per heavy atom. The van der Waals surface area contributed by atoms with Gasteiger partial charge in [0, 0.05) is 0 Å². The number of alkyl halides is 2. The zero-order chi connectivity index (χ0) is 4.99. The SMILES string of the molecule is C[I-]CC(=O)O. The molecular formula is C3H6IO2-. The van der Waals surface area contributed by atoms with Gasteiger partial charge in [-0.2, -0.15) is 0 Å². The predicted octanol–water partition coefficient (Wildman–Crippen LogP) is -3.21. The van der Waals surface area contributed by atoms with E-state index in [1.807, 2.05) is 4.93 Å². The molecule has 0 saturated heterocycles. The first kappa shape index (κ1) is 6.20. The predicted molar refractivity (Wildman–Crippen MR) is 18.4 cm³/mol. The summed E-state index contributed by atoms with van der Waals surface area (Å²) >= 11 is -0.0324. The Bertz CT molecular complexity index is 52.8. The van der Waals surface area contributed by atoms with Gasteiger partial charge in [-0.15, -0.1) is 0 Å². The maximum atomic E-state index is 9.63. The van der Waals surface area contributed by atoms with Crippen molar-refractivity contribution in [1.29, 1.82) is 0 Å². The number of carbonyl (C=O) groups is 1. The first-order chi connectivity index (χ1) is 2.77. The van der Waals surface area contributed by atoms with Crippen LogP contribution in [0.1, 0.15) is 0 Å². The molecule has 0 heterocycles. The third-order valence-corrected chi connectivity index (χ3v) is 1.66. The van der Waals surface area contributed by atoms with E-state index in [0.717, 1.165) is 0 Å². The van der Waals surface area contributed by atoms with Crippen LogP contribution in [0.2, 0.25) is 0 Å². The average Bonchev–Trinajstić information content (AvgIpc) is 1.35. The summed E-state index contributed by atoms with van der Waals surface area (Å²) in [5.41, 5.74) is 0. The molecule has 0 fully saturated rings. The standard InChI is InChI=1S/C3H6IO2/c1-4-2-3(5)6/h2H2,1H3,(H,5,6)/q-1. The molecule has 0 amide bonds. The van der Waals surface area contributed by atoms with Crippen LogP contribution < -0.4 is 21.2 Å². The summed E-state index contributed by atoms with van der Waals surface area (Å²) < 4.78 is 0.402. The van der Waals surface area contributed by atoms with E-state index in [0.29, 0.717) is 4.43 Å². The summed E-state index contributed by atoms with van der Waals surface area (Å²) in [6, 6.07) is 0. The van der Waals surface area contributed by atoms with Crippen molar-refractivity contribution in [1.82, 2.24) is 0 Å². The van der Waals surface area contributed by atoms with Crippen molar-refractivity contribution in [3.8, 4) is 0 Å². The van der Waals surface area contributed by atoms with E-state index in [9.17, 15) is 4.79 Å². The van der Waals surface area contributed by atoms with Crippen molar-refractivity contribution in [3.05, 3.63) is 0 Å². The van der Waals surface area contributed by atoms with E-state index in [4.69, 9.17) is 5.11 Å². The first-order valence-corrected chi connectivity index (χ1v) is 5.11. The monoisotopic (exact) mass is 201 g/mol. The summed E-state index contributed by atoms with van der Waals surface area (Å²) in [6.45, 7) is 0. The van der Waals surface area contributed by atoms with Gasteiger partial charge in [0.25, 0.3) is 0 Å². The third-order valence-electron chi connectivity index (χ3n) is 0.248. The third kappa shape index (κ3) is 4.20. The summed E-state index contributed by atoms with van der Waals surface area (Å²) in [5, 5.41) is 7.94. The Morgan fingerprint density at radius 1 is 2.00 bits per heavy atom. The minimum absolute atomic E-state index is 0.0324. The number of rotatable bonds is 2. The van der Waals surface area contributed by atoms with Gasteiger partial charge in [-0.3, -0.25) is 0 Å². The second-order valence-electron chi connectivity index (χ2n) is 0.795. The molecule has 0 atom stereocenters. The number of halogens is 1. The molecule has 3 heteroatoms. The number of carboxylic acids is 1. The molecule has 0 saturated carbocycles. The Hall–Kier alpha value is 0.200. The zero-order valence-corrected chi connectivity index (χ0v) is 5.60. The topological polar surface area (TPSA) is 37.3 Å². The normalized spacial score (nSPS) is 8.83. The van der Waals surface area contributed by atoms with Crippen molar-refractivity contribution in [3.63, 3.8) is 0 Å². The van der Waals surface area contributed by atoms with Gasteiger partial charge < -0.3 is 0 Å². The number of carboxylic acid groups (broad SMARTS) is 1. The van der Waals surface area contributed by atoms with E-state index >= 15 is 0 Å². The molecule has 0 aromatic rings. The van der Waals surface area contributed by atoms with Gasteiger partial charge >= 0.3 is 46.4 Å². The van der Waals surface area contributed by atoms with Crippen molar-refractivity contribution in [2.24, 2.45) is 0 Å². The van der Waals surface area contributed by atoms with E-state index in [1.165, 1.54) is 0 Å². The van der Waals surface area contributed by atoms with Gasteiger partial charge in [0.15, 0.2) is 0 Å². The molecule has 2 nitrogen and oxygen atoms in total. The van der Waals surface area contributed by atoms with Crippen LogP contribution in [-0.4, -0.2) is 20.4 Å². The molecule has 0 spiro atoms.